The van der Waals surface area contributed by atoms with Gasteiger partial charge in [-0.25, -0.2) is 0 Å². The van der Waals surface area contributed by atoms with E-state index in [0.717, 1.165) is 44.5 Å². The van der Waals surface area contributed by atoms with Crippen LogP contribution in [0, 0.1) is 0 Å². The van der Waals surface area contributed by atoms with E-state index < -0.39 is 0 Å². The van der Waals surface area contributed by atoms with Crippen LogP contribution >= 0.6 is 0 Å². The lowest BCUT2D eigenvalue weighted by Crippen LogP contribution is -2.48. The normalized spacial score (nSPS) is 17.0. The van der Waals surface area contributed by atoms with Crippen LogP contribution in [0.5, 0.6) is 0 Å². The summed E-state index contributed by atoms with van der Waals surface area (Å²) in [6.07, 6.45) is 4.01. The fourth-order valence-electron chi connectivity index (χ4n) is 3.89. The van der Waals surface area contributed by atoms with Gasteiger partial charge in [-0.1, -0.05) is 65.8 Å². The predicted molar refractivity (Wildman–Crippen MR) is 116 cm³/mol. The second kappa shape index (κ2) is 10.2. The SMILES string of the molecule is O=C(CCc1nc(-c2ccccc2)no1)N[C@H]1CCCN(CCc2ccccc2)C1. The van der Waals surface area contributed by atoms with E-state index in [-0.39, 0.29) is 11.9 Å². The number of nitrogens with one attached hydrogen (secondary N) is 1. The molecule has 1 N–H and O–H groups in total. The summed E-state index contributed by atoms with van der Waals surface area (Å²) in [5.74, 6) is 1.11. The first-order valence-electron chi connectivity index (χ1n) is 10.7. The van der Waals surface area contributed by atoms with Crippen molar-refractivity contribution < 1.29 is 9.32 Å². The van der Waals surface area contributed by atoms with E-state index in [0.29, 0.717) is 24.6 Å². The summed E-state index contributed by atoms with van der Waals surface area (Å²) in [5, 5.41) is 7.20. The summed E-state index contributed by atoms with van der Waals surface area (Å²) < 4.78 is 5.30. The van der Waals surface area contributed by atoms with Gasteiger partial charge in [0.1, 0.15) is 0 Å². The van der Waals surface area contributed by atoms with Gasteiger partial charge in [0.05, 0.1) is 0 Å². The number of benzene rings is 2. The Morgan fingerprint density at radius 3 is 2.63 bits per heavy atom. The molecule has 2 aromatic carbocycles. The highest BCUT2D eigenvalue weighted by Gasteiger charge is 2.21. The molecule has 0 saturated carbocycles. The molecule has 4 rings (SSSR count). The van der Waals surface area contributed by atoms with Crippen molar-refractivity contribution in [2.45, 2.75) is 38.1 Å². The number of hydrogen-bond acceptors (Lipinski definition) is 5. The van der Waals surface area contributed by atoms with Crippen LogP contribution in [0.2, 0.25) is 0 Å². The van der Waals surface area contributed by atoms with Gasteiger partial charge in [-0.05, 0) is 31.4 Å². The minimum Gasteiger partial charge on any atom is -0.352 e. The Morgan fingerprint density at radius 1 is 1.07 bits per heavy atom. The third kappa shape index (κ3) is 5.76. The van der Waals surface area contributed by atoms with Crippen LogP contribution in [0.1, 0.15) is 30.7 Å². The number of aromatic nitrogens is 2. The zero-order valence-corrected chi connectivity index (χ0v) is 17.2. The summed E-state index contributed by atoms with van der Waals surface area (Å²) >= 11 is 0. The van der Waals surface area contributed by atoms with Crippen LogP contribution in [0.3, 0.4) is 0 Å². The smallest absolute Gasteiger partial charge is 0.227 e. The van der Waals surface area contributed by atoms with Crippen molar-refractivity contribution in [3.05, 3.63) is 72.1 Å². The number of carbonyl (C=O) groups is 1. The Labute approximate surface area is 177 Å². The minimum atomic E-state index is 0.0457. The van der Waals surface area contributed by atoms with Crippen molar-refractivity contribution >= 4 is 5.91 Å². The van der Waals surface area contributed by atoms with Crippen molar-refractivity contribution in [2.75, 3.05) is 19.6 Å². The van der Waals surface area contributed by atoms with Crippen molar-refractivity contribution in [3.8, 4) is 11.4 Å². The molecule has 1 atom stereocenters. The van der Waals surface area contributed by atoms with Gasteiger partial charge in [-0.15, -0.1) is 0 Å². The summed E-state index contributed by atoms with van der Waals surface area (Å²) in [5.41, 5.74) is 2.27. The molecular formula is C24H28N4O2. The molecule has 156 valence electrons. The third-order valence-corrected chi connectivity index (χ3v) is 5.50. The Kier molecular flexibility index (Phi) is 6.87. The average Bonchev–Trinajstić information content (AvgIpc) is 3.27. The fraction of sp³-hybridized carbons (Fsp3) is 0.375. The molecule has 30 heavy (non-hydrogen) atoms. The molecule has 2 heterocycles. The van der Waals surface area contributed by atoms with E-state index in [1.165, 1.54) is 5.56 Å². The van der Waals surface area contributed by atoms with Gasteiger partial charge in [0.2, 0.25) is 17.6 Å². The molecule has 1 fully saturated rings. The Bertz CT molecular complexity index is 927. The van der Waals surface area contributed by atoms with E-state index in [1.807, 2.05) is 36.4 Å². The zero-order valence-electron chi connectivity index (χ0n) is 17.2. The molecule has 0 spiro atoms. The molecular weight excluding hydrogens is 376 g/mol. The lowest BCUT2D eigenvalue weighted by atomic mass is 10.0. The Hall–Kier alpha value is -2.99. The van der Waals surface area contributed by atoms with E-state index in [4.69, 9.17) is 4.52 Å². The van der Waals surface area contributed by atoms with E-state index >= 15 is 0 Å². The first kappa shape index (κ1) is 20.3. The molecule has 0 radical (unpaired) electrons. The highest BCUT2D eigenvalue weighted by Crippen LogP contribution is 2.16. The van der Waals surface area contributed by atoms with Crippen LogP contribution in [0.15, 0.2) is 65.2 Å². The summed E-state index contributed by atoms with van der Waals surface area (Å²) in [6, 6.07) is 20.5. The number of hydrogen-bond donors (Lipinski definition) is 1. The van der Waals surface area contributed by atoms with Crippen molar-refractivity contribution in [1.82, 2.24) is 20.4 Å². The predicted octanol–water partition coefficient (Wildman–Crippen LogP) is 3.49. The first-order valence-corrected chi connectivity index (χ1v) is 10.7. The lowest BCUT2D eigenvalue weighted by molar-refractivity contribution is -0.122. The van der Waals surface area contributed by atoms with Crippen molar-refractivity contribution in [2.24, 2.45) is 0 Å². The Morgan fingerprint density at radius 2 is 1.83 bits per heavy atom. The molecule has 0 aliphatic carbocycles. The van der Waals surface area contributed by atoms with Crippen molar-refractivity contribution in [1.29, 1.82) is 0 Å². The first-order chi connectivity index (χ1) is 14.8. The van der Waals surface area contributed by atoms with Gasteiger partial charge in [0, 0.05) is 37.5 Å². The van der Waals surface area contributed by atoms with Crippen molar-refractivity contribution in [3.63, 3.8) is 0 Å². The van der Waals surface area contributed by atoms with Crippen LogP contribution in [0.4, 0.5) is 0 Å². The number of nitrogens with zero attached hydrogens (tertiary/aromatic N) is 3. The molecule has 1 amide bonds. The van der Waals surface area contributed by atoms with Gasteiger partial charge in [0.25, 0.3) is 0 Å². The number of amides is 1. The highest BCUT2D eigenvalue weighted by molar-refractivity contribution is 5.76. The quantitative estimate of drug-likeness (QED) is 0.622. The number of rotatable bonds is 8. The maximum absolute atomic E-state index is 12.4. The second-order valence-electron chi connectivity index (χ2n) is 7.82. The molecule has 0 bridgehead atoms. The van der Waals surface area contributed by atoms with Gasteiger partial charge in [0.15, 0.2) is 0 Å². The zero-order chi connectivity index (χ0) is 20.6. The molecule has 1 aliphatic rings. The van der Waals surface area contributed by atoms with Gasteiger partial charge in [-0.3, -0.25) is 4.79 Å². The number of piperidine rings is 1. The number of aryl methyl sites for hydroxylation is 1. The van der Waals surface area contributed by atoms with Crippen LogP contribution in [-0.2, 0) is 17.6 Å². The molecule has 0 unspecified atom stereocenters. The number of likely N-dealkylation sites (tertiary alicyclic amines) is 1. The summed E-state index contributed by atoms with van der Waals surface area (Å²) in [7, 11) is 0. The largest absolute Gasteiger partial charge is 0.352 e. The molecule has 1 aromatic heterocycles. The van der Waals surface area contributed by atoms with E-state index in [1.54, 1.807) is 0 Å². The fourth-order valence-corrected chi connectivity index (χ4v) is 3.89. The average molecular weight is 405 g/mol. The molecule has 1 aliphatic heterocycles. The Balaban J connectivity index is 1.21. The van der Waals surface area contributed by atoms with E-state index in [9.17, 15) is 4.79 Å². The number of carbonyl (C=O) groups excluding carboxylic acids is 1. The maximum Gasteiger partial charge on any atom is 0.227 e. The summed E-state index contributed by atoms with van der Waals surface area (Å²) in [4.78, 5) is 19.3. The highest BCUT2D eigenvalue weighted by atomic mass is 16.5. The van der Waals surface area contributed by atoms with Gasteiger partial charge in [-0.2, -0.15) is 4.98 Å². The standard InChI is InChI=1S/C24H28N4O2/c29-22(13-14-23-26-24(27-30-23)20-10-5-2-6-11-20)25-21-12-7-16-28(18-21)17-15-19-8-3-1-4-9-19/h1-6,8-11,21H,7,12-18H2,(H,25,29)/t21-/m0/s1. The topological polar surface area (TPSA) is 71.3 Å². The second-order valence-corrected chi connectivity index (χ2v) is 7.82. The van der Waals surface area contributed by atoms with Crippen LogP contribution in [-0.4, -0.2) is 46.6 Å². The molecule has 1 saturated heterocycles. The van der Waals surface area contributed by atoms with Crippen LogP contribution in [0.25, 0.3) is 11.4 Å². The molecule has 3 aromatic rings. The third-order valence-electron chi connectivity index (χ3n) is 5.50. The lowest BCUT2D eigenvalue weighted by Gasteiger charge is -2.33. The minimum absolute atomic E-state index is 0.0457. The van der Waals surface area contributed by atoms with Gasteiger partial charge >= 0.3 is 0 Å². The molecule has 6 nitrogen and oxygen atoms in total. The molecule has 6 heteroatoms. The van der Waals surface area contributed by atoms with E-state index in [2.05, 4.69) is 44.6 Å². The summed E-state index contributed by atoms with van der Waals surface area (Å²) in [6.45, 7) is 3.04. The maximum atomic E-state index is 12.4. The monoisotopic (exact) mass is 404 g/mol. The van der Waals surface area contributed by atoms with Gasteiger partial charge < -0.3 is 14.7 Å². The van der Waals surface area contributed by atoms with Crippen LogP contribution < -0.4 is 5.32 Å².